The number of ether oxygens (including phenoxy) is 1. The second-order valence-corrected chi connectivity index (χ2v) is 6.24. The summed E-state index contributed by atoms with van der Waals surface area (Å²) in [6.07, 6.45) is -0.122. The van der Waals surface area contributed by atoms with Gasteiger partial charge in [-0.15, -0.1) is 0 Å². The van der Waals surface area contributed by atoms with Gasteiger partial charge in [0.05, 0.1) is 0 Å². The molecule has 1 saturated heterocycles. The van der Waals surface area contributed by atoms with Gasteiger partial charge >= 0.3 is 0 Å². The van der Waals surface area contributed by atoms with Gasteiger partial charge in [-0.25, -0.2) is 0 Å². The van der Waals surface area contributed by atoms with Gasteiger partial charge < -0.3 is 4.74 Å². The zero-order chi connectivity index (χ0) is 15.0. The molecule has 3 rings (SSSR count). The Balaban J connectivity index is 1.92. The third-order valence-electron chi connectivity index (χ3n) is 4.08. The lowest BCUT2D eigenvalue weighted by atomic mass is 10.0. The van der Waals surface area contributed by atoms with Crippen molar-refractivity contribution in [1.29, 1.82) is 0 Å². The molecule has 21 heavy (non-hydrogen) atoms. The van der Waals surface area contributed by atoms with Gasteiger partial charge in [0, 0.05) is 21.7 Å². The summed E-state index contributed by atoms with van der Waals surface area (Å²) in [7, 11) is 2.06. The van der Waals surface area contributed by atoms with Crippen LogP contribution < -0.4 is 0 Å². The summed E-state index contributed by atoms with van der Waals surface area (Å²) < 4.78 is 6.28. The molecule has 0 saturated carbocycles. The number of benzene rings is 2. The quantitative estimate of drug-likeness (QED) is 0.764. The summed E-state index contributed by atoms with van der Waals surface area (Å²) in [6.45, 7) is 2.17. The largest absolute Gasteiger partial charge is 0.349 e. The lowest BCUT2D eigenvalue weighted by molar-refractivity contribution is 0.00567. The molecule has 0 aliphatic carbocycles. The predicted octanol–water partition coefficient (Wildman–Crippen LogP) is 5.08. The van der Waals surface area contributed by atoms with Crippen molar-refractivity contribution in [3.8, 4) is 0 Å². The first kappa shape index (κ1) is 14.9. The van der Waals surface area contributed by atoms with Crippen molar-refractivity contribution in [2.45, 2.75) is 25.3 Å². The summed E-state index contributed by atoms with van der Waals surface area (Å²) in [4.78, 5) is 2.20. The van der Waals surface area contributed by atoms with Gasteiger partial charge in [0.25, 0.3) is 0 Å². The van der Waals surface area contributed by atoms with E-state index in [-0.39, 0.29) is 18.4 Å². The molecule has 1 fully saturated rings. The molecule has 2 nitrogen and oxygen atoms in total. The van der Waals surface area contributed by atoms with E-state index in [0.29, 0.717) is 10.0 Å². The fourth-order valence-electron chi connectivity index (χ4n) is 2.77. The van der Waals surface area contributed by atoms with E-state index in [9.17, 15) is 0 Å². The van der Waals surface area contributed by atoms with Crippen molar-refractivity contribution >= 4 is 23.2 Å². The van der Waals surface area contributed by atoms with Crippen LogP contribution in [0.15, 0.2) is 48.5 Å². The Morgan fingerprint density at radius 3 is 2.43 bits per heavy atom. The first-order chi connectivity index (χ1) is 10.1. The monoisotopic (exact) mass is 321 g/mol. The van der Waals surface area contributed by atoms with Crippen molar-refractivity contribution in [3.63, 3.8) is 0 Å². The van der Waals surface area contributed by atoms with E-state index in [1.165, 1.54) is 5.56 Å². The van der Waals surface area contributed by atoms with Crippen LogP contribution in [0.2, 0.25) is 10.0 Å². The Bertz CT molecular complexity index is 632. The second kappa shape index (κ2) is 5.98. The van der Waals surface area contributed by atoms with Crippen LogP contribution in [-0.4, -0.2) is 18.0 Å². The lowest BCUT2D eigenvalue weighted by Gasteiger charge is -2.22. The zero-order valence-corrected chi connectivity index (χ0v) is 13.5. The van der Waals surface area contributed by atoms with Crippen LogP contribution in [0.3, 0.4) is 0 Å². The summed E-state index contributed by atoms with van der Waals surface area (Å²) in [6, 6.07) is 16.1. The molecule has 0 aromatic heterocycles. The minimum atomic E-state index is -0.157. The first-order valence-corrected chi connectivity index (χ1v) is 7.71. The minimum absolute atomic E-state index is 0.0351. The van der Waals surface area contributed by atoms with Gasteiger partial charge in [0.2, 0.25) is 0 Å². The third-order valence-corrected chi connectivity index (χ3v) is 4.65. The van der Waals surface area contributed by atoms with E-state index >= 15 is 0 Å². The number of nitrogens with zero attached hydrogens (tertiary/aromatic N) is 1. The summed E-state index contributed by atoms with van der Waals surface area (Å²) in [5.74, 6) is 0. The van der Waals surface area contributed by atoms with Crippen LogP contribution in [-0.2, 0) is 4.74 Å². The normalized spacial score (nSPS) is 26.2. The van der Waals surface area contributed by atoms with Crippen molar-refractivity contribution in [3.05, 3.63) is 69.7 Å². The molecule has 3 atom stereocenters. The highest BCUT2D eigenvalue weighted by Crippen LogP contribution is 2.43. The van der Waals surface area contributed by atoms with Gasteiger partial charge in [-0.3, -0.25) is 4.90 Å². The Hall–Kier alpha value is -1.06. The zero-order valence-electron chi connectivity index (χ0n) is 12.0. The maximum Gasteiger partial charge on any atom is 0.139 e. The average Bonchev–Trinajstić information content (AvgIpc) is 2.77. The molecule has 0 N–H and O–H groups in total. The van der Waals surface area contributed by atoms with Gasteiger partial charge in [-0.2, -0.15) is 0 Å². The van der Waals surface area contributed by atoms with Gasteiger partial charge in [0.1, 0.15) is 12.3 Å². The highest BCUT2D eigenvalue weighted by Gasteiger charge is 2.39. The predicted molar refractivity (Wildman–Crippen MR) is 86.7 cm³/mol. The number of rotatable bonds is 2. The molecule has 0 bridgehead atoms. The number of halogens is 2. The second-order valence-electron chi connectivity index (χ2n) is 5.39. The molecule has 3 unspecified atom stereocenters. The van der Waals surface area contributed by atoms with Crippen molar-refractivity contribution in [2.24, 2.45) is 0 Å². The molecule has 1 heterocycles. The van der Waals surface area contributed by atoms with Crippen LogP contribution in [0, 0.1) is 0 Å². The van der Waals surface area contributed by atoms with Crippen LogP contribution >= 0.6 is 23.2 Å². The van der Waals surface area contributed by atoms with E-state index in [1.54, 1.807) is 6.07 Å². The standard InChI is InChI=1S/C17H17Cl2NO/c1-11-16(12-6-4-3-5-7-12)21-17(20(11)2)14-9-8-13(18)10-15(14)19/h3-11,16-17H,1-2H3. The summed E-state index contributed by atoms with van der Waals surface area (Å²) in [5, 5.41) is 1.28. The fraction of sp³-hybridized carbons (Fsp3) is 0.294. The maximum atomic E-state index is 6.33. The maximum absolute atomic E-state index is 6.33. The molecule has 4 heteroatoms. The molecule has 1 aliphatic heterocycles. The van der Waals surface area contributed by atoms with Crippen LogP contribution in [0.5, 0.6) is 0 Å². The van der Waals surface area contributed by atoms with Gasteiger partial charge in [0.15, 0.2) is 0 Å². The molecule has 0 amide bonds. The molecule has 2 aromatic carbocycles. The average molecular weight is 322 g/mol. The van der Waals surface area contributed by atoms with Gasteiger partial charge in [-0.05, 0) is 31.7 Å². The molecule has 110 valence electrons. The Labute approximate surface area is 135 Å². The molecule has 0 spiro atoms. The third kappa shape index (κ3) is 2.82. The molecule has 2 aromatic rings. The highest BCUT2D eigenvalue weighted by molar-refractivity contribution is 6.35. The Kier molecular flexibility index (Phi) is 4.23. The first-order valence-electron chi connectivity index (χ1n) is 6.95. The van der Waals surface area contributed by atoms with Crippen LogP contribution in [0.1, 0.15) is 30.4 Å². The molecule has 0 radical (unpaired) electrons. The van der Waals surface area contributed by atoms with Crippen molar-refractivity contribution in [2.75, 3.05) is 7.05 Å². The van der Waals surface area contributed by atoms with E-state index in [0.717, 1.165) is 5.56 Å². The topological polar surface area (TPSA) is 12.5 Å². The number of hydrogen-bond donors (Lipinski definition) is 0. The Morgan fingerprint density at radius 1 is 1.05 bits per heavy atom. The lowest BCUT2D eigenvalue weighted by Crippen LogP contribution is -2.27. The molecule has 1 aliphatic rings. The summed E-state index contributed by atoms with van der Waals surface area (Å²) >= 11 is 12.3. The minimum Gasteiger partial charge on any atom is -0.349 e. The highest BCUT2D eigenvalue weighted by atomic mass is 35.5. The van der Waals surface area contributed by atoms with E-state index < -0.39 is 0 Å². The van der Waals surface area contributed by atoms with Crippen molar-refractivity contribution < 1.29 is 4.74 Å². The number of likely N-dealkylation sites (N-methyl/N-ethyl adjacent to an activating group) is 1. The number of hydrogen-bond acceptors (Lipinski definition) is 2. The Morgan fingerprint density at radius 2 is 1.76 bits per heavy atom. The van der Waals surface area contributed by atoms with E-state index in [2.05, 4.69) is 31.0 Å². The fourth-order valence-corrected chi connectivity index (χ4v) is 3.27. The molecular formula is C17H17Cl2NO. The van der Waals surface area contributed by atoms with Crippen LogP contribution in [0.4, 0.5) is 0 Å². The van der Waals surface area contributed by atoms with Gasteiger partial charge in [-0.1, -0.05) is 59.6 Å². The van der Waals surface area contributed by atoms with Crippen molar-refractivity contribution in [1.82, 2.24) is 4.90 Å². The smallest absolute Gasteiger partial charge is 0.139 e. The van der Waals surface area contributed by atoms with Crippen LogP contribution in [0.25, 0.3) is 0 Å². The van der Waals surface area contributed by atoms with E-state index in [4.69, 9.17) is 27.9 Å². The molecular weight excluding hydrogens is 305 g/mol. The van der Waals surface area contributed by atoms with E-state index in [1.807, 2.05) is 30.3 Å². The summed E-state index contributed by atoms with van der Waals surface area (Å²) in [5.41, 5.74) is 2.14. The SMILES string of the molecule is CC1C(c2ccccc2)OC(c2ccc(Cl)cc2Cl)N1C.